The van der Waals surface area contributed by atoms with Crippen LogP contribution in [0.1, 0.15) is 19.3 Å². The number of hydrogen-bond donors (Lipinski definition) is 2. The van der Waals surface area contributed by atoms with Gasteiger partial charge in [0.05, 0.1) is 0 Å². The van der Waals surface area contributed by atoms with Crippen LogP contribution in [-0.2, 0) is 4.79 Å². The van der Waals surface area contributed by atoms with E-state index in [9.17, 15) is 4.79 Å². The Balaban J connectivity index is 1.73. The lowest BCUT2D eigenvalue weighted by Crippen LogP contribution is -2.23. The van der Waals surface area contributed by atoms with Gasteiger partial charge in [0, 0.05) is 28.3 Å². The summed E-state index contributed by atoms with van der Waals surface area (Å²) in [7, 11) is 0. The first-order valence-electron chi connectivity index (χ1n) is 5.53. The molecule has 0 spiro atoms. The van der Waals surface area contributed by atoms with Crippen molar-refractivity contribution in [2.75, 3.05) is 11.9 Å². The minimum atomic E-state index is 0.0788. The fraction of sp³-hybridized carbons (Fsp3) is 0.417. The molecule has 86 valence electrons. The first-order chi connectivity index (χ1) is 7.74. The van der Waals surface area contributed by atoms with E-state index in [-0.39, 0.29) is 5.91 Å². The zero-order valence-electron chi connectivity index (χ0n) is 9.00. The number of nitrogens with one attached hydrogen (secondary N) is 2. The average molecular weight is 330 g/mol. The Kier molecular flexibility index (Phi) is 4.17. The SMILES string of the molecule is O=C(CCNC1CC1)Nc1cccc(I)c1. The van der Waals surface area contributed by atoms with E-state index in [1.54, 1.807) is 0 Å². The van der Waals surface area contributed by atoms with E-state index in [1.165, 1.54) is 12.8 Å². The number of carbonyl (C=O) groups excluding carboxylic acids is 1. The summed E-state index contributed by atoms with van der Waals surface area (Å²) in [5, 5.41) is 6.22. The zero-order chi connectivity index (χ0) is 11.4. The first-order valence-corrected chi connectivity index (χ1v) is 6.61. The molecule has 0 atom stereocenters. The fourth-order valence-corrected chi connectivity index (χ4v) is 2.01. The number of halogens is 1. The molecule has 1 fully saturated rings. The Morgan fingerprint density at radius 3 is 2.94 bits per heavy atom. The molecule has 0 aliphatic heterocycles. The highest BCUT2D eigenvalue weighted by Gasteiger charge is 2.19. The van der Waals surface area contributed by atoms with Crippen molar-refractivity contribution in [3.05, 3.63) is 27.8 Å². The quantitative estimate of drug-likeness (QED) is 0.814. The lowest BCUT2D eigenvalue weighted by Gasteiger charge is -2.06. The van der Waals surface area contributed by atoms with Gasteiger partial charge >= 0.3 is 0 Å². The van der Waals surface area contributed by atoms with Crippen molar-refractivity contribution in [1.82, 2.24) is 5.32 Å². The second-order valence-electron chi connectivity index (χ2n) is 4.04. The highest BCUT2D eigenvalue weighted by molar-refractivity contribution is 14.1. The van der Waals surface area contributed by atoms with Crippen molar-refractivity contribution in [1.29, 1.82) is 0 Å². The van der Waals surface area contributed by atoms with E-state index in [4.69, 9.17) is 0 Å². The van der Waals surface area contributed by atoms with E-state index < -0.39 is 0 Å². The van der Waals surface area contributed by atoms with Crippen LogP contribution in [0.2, 0.25) is 0 Å². The van der Waals surface area contributed by atoms with Crippen molar-refractivity contribution >= 4 is 34.2 Å². The molecule has 0 unspecified atom stereocenters. The Morgan fingerprint density at radius 1 is 1.44 bits per heavy atom. The lowest BCUT2D eigenvalue weighted by molar-refractivity contribution is -0.116. The van der Waals surface area contributed by atoms with Crippen molar-refractivity contribution in [2.45, 2.75) is 25.3 Å². The number of anilines is 1. The minimum absolute atomic E-state index is 0.0788. The van der Waals surface area contributed by atoms with Crippen LogP contribution in [0.15, 0.2) is 24.3 Å². The normalized spacial score (nSPS) is 14.8. The Bertz CT molecular complexity index is 377. The summed E-state index contributed by atoms with van der Waals surface area (Å²) in [6.07, 6.45) is 3.07. The van der Waals surface area contributed by atoms with E-state index >= 15 is 0 Å². The number of amides is 1. The number of carbonyl (C=O) groups is 1. The Labute approximate surface area is 109 Å². The molecule has 4 heteroatoms. The number of rotatable bonds is 5. The topological polar surface area (TPSA) is 41.1 Å². The molecule has 16 heavy (non-hydrogen) atoms. The third kappa shape index (κ3) is 4.09. The number of hydrogen-bond acceptors (Lipinski definition) is 2. The highest BCUT2D eigenvalue weighted by atomic mass is 127. The molecule has 2 N–H and O–H groups in total. The lowest BCUT2D eigenvalue weighted by atomic mass is 10.3. The van der Waals surface area contributed by atoms with Crippen molar-refractivity contribution in [3.8, 4) is 0 Å². The summed E-state index contributed by atoms with van der Waals surface area (Å²) in [6, 6.07) is 8.50. The molecule has 1 aromatic rings. The van der Waals surface area contributed by atoms with Gasteiger partial charge in [0.1, 0.15) is 0 Å². The maximum Gasteiger partial charge on any atom is 0.225 e. The van der Waals surface area contributed by atoms with Crippen molar-refractivity contribution in [2.24, 2.45) is 0 Å². The summed E-state index contributed by atoms with van der Waals surface area (Å²) in [5.74, 6) is 0.0788. The summed E-state index contributed by atoms with van der Waals surface area (Å²) in [4.78, 5) is 11.6. The third-order valence-electron chi connectivity index (χ3n) is 2.47. The van der Waals surface area contributed by atoms with E-state index in [0.717, 1.165) is 15.8 Å². The smallest absolute Gasteiger partial charge is 0.225 e. The molecule has 0 saturated heterocycles. The maximum atomic E-state index is 11.6. The third-order valence-corrected chi connectivity index (χ3v) is 3.14. The van der Waals surface area contributed by atoms with Gasteiger partial charge in [0.2, 0.25) is 5.91 Å². The average Bonchev–Trinajstić information content (AvgIpc) is 3.01. The Hall–Kier alpha value is -0.620. The Morgan fingerprint density at radius 2 is 2.25 bits per heavy atom. The van der Waals surface area contributed by atoms with E-state index in [2.05, 4.69) is 33.2 Å². The van der Waals surface area contributed by atoms with Crippen LogP contribution in [0, 0.1) is 3.57 Å². The van der Waals surface area contributed by atoms with Crippen LogP contribution in [0.5, 0.6) is 0 Å². The van der Waals surface area contributed by atoms with E-state index in [0.29, 0.717) is 12.5 Å². The predicted octanol–water partition coefficient (Wildman–Crippen LogP) is 2.37. The predicted molar refractivity (Wildman–Crippen MR) is 73.4 cm³/mol. The first kappa shape index (κ1) is 11.9. The van der Waals surface area contributed by atoms with Crippen LogP contribution >= 0.6 is 22.6 Å². The molecular weight excluding hydrogens is 315 g/mol. The molecule has 0 bridgehead atoms. The summed E-state index contributed by atoms with van der Waals surface area (Å²) >= 11 is 2.23. The zero-order valence-corrected chi connectivity index (χ0v) is 11.2. The molecule has 2 rings (SSSR count). The van der Waals surface area contributed by atoms with Crippen LogP contribution in [-0.4, -0.2) is 18.5 Å². The fourth-order valence-electron chi connectivity index (χ4n) is 1.47. The monoisotopic (exact) mass is 330 g/mol. The van der Waals surface area contributed by atoms with Gasteiger partial charge in [-0.3, -0.25) is 4.79 Å². The molecule has 0 heterocycles. The van der Waals surface area contributed by atoms with Crippen molar-refractivity contribution < 1.29 is 4.79 Å². The summed E-state index contributed by atoms with van der Waals surface area (Å²) in [5.41, 5.74) is 0.878. The van der Waals surface area contributed by atoms with Gasteiger partial charge in [-0.2, -0.15) is 0 Å². The van der Waals surface area contributed by atoms with Crippen LogP contribution < -0.4 is 10.6 Å². The van der Waals surface area contributed by atoms with Gasteiger partial charge < -0.3 is 10.6 Å². The summed E-state index contributed by atoms with van der Waals surface area (Å²) < 4.78 is 1.13. The molecule has 3 nitrogen and oxygen atoms in total. The molecule has 0 aromatic heterocycles. The van der Waals surface area contributed by atoms with Crippen LogP contribution in [0.25, 0.3) is 0 Å². The molecule has 1 amide bonds. The highest BCUT2D eigenvalue weighted by Crippen LogP contribution is 2.18. The van der Waals surface area contributed by atoms with Gasteiger partial charge in [-0.25, -0.2) is 0 Å². The molecule has 1 saturated carbocycles. The van der Waals surface area contributed by atoms with Gasteiger partial charge in [-0.15, -0.1) is 0 Å². The molecule has 1 aliphatic rings. The second-order valence-corrected chi connectivity index (χ2v) is 5.28. The van der Waals surface area contributed by atoms with Crippen LogP contribution in [0.3, 0.4) is 0 Å². The maximum absolute atomic E-state index is 11.6. The molecule has 1 aliphatic carbocycles. The second kappa shape index (κ2) is 5.63. The standard InChI is InChI=1S/C12H15IN2O/c13-9-2-1-3-11(8-9)15-12(16)6-7-14-10-4-5-10/h1-3,8,10,14H,4-7H2,(H,15,16). The van der Waals surface area contributed by atoms with Crippen molar-refractivity contribution in [3.63, 3.8) is 0 Å². The molecular formula is C12H15IN2O. The van der Waals surface area contributed by atoms with E-state index in [1.807, 2.05) is 24.3 Å². The van der Waals surface area contributed by atoms with Crippen LogP contribution in [0.4, 0.5) is 5.69 Å². The van der Waals surface area contributed by atoms with Gasteiger partial charge in [-0.05, 0) is 53.6 Å². The van der Waals surface area contributed by atoms with Gasteiger partial charge in [0.15, 0.2) is 0 Å². The molecule has 0 radical (unpaired) electrons. The summed E-state index contributed by atoms with van der Waals surface area (Å²) in [6.45, 7) is 0.778. The van der Waals surface area contributed by atoms with Gasteiger partial charge in [-0.1, -0.05) is 6.07 Å². The largest absolute Gasteiger partial charge is 0.326 e. The number of benzene rings is 1. The van der Waals surface area contributed by atoms with Gasteiger partial charge in [0.25, 0.3) is 0 Å². The minimum Gasteiger partial charge on any atom is -0.326 e. The molecule has 1 aromatic carbocycles.